The number of aryl methyl sites for hydroxylation is 1. The molecule has 1 aromatic heterocycles. The summed E-state index contributed by atoms with van der Waals surface area (Å²) >= 11 is 1.39. The smallest absolute Gasteiger partial charge is 0.233 e. The van der Waals surface area contributed by atoms with Crippen LogP contribution < -0.4 is 0 Å². The topological polar surface area (TPSA) is 71.3 Å². The van der Waals surface area contributed by atoms with Crippen molar-refractivity contribution in [2.24, 2.45) is 12.5 Å². The van der Waals surface area contributed by atoms with Crippen LogP contribution in [0.2, 0.25) is 0 Å². The van der Waals surface area contributed by atoms with Crippen molar-refractivity contribution in [3.8, 4) is 0 Å². The summed E-state index contributed by atoms with van der Waals surface area (Å²) in [5.74, 6) is 0.619. The maximum absolute atomic E-state index is 12.5. The average molecular weight is 323 g/mol. The van der Waals surface area contributed by atoms with Crippen LogP contribution >= 0.6 is 11.8 Å². The Bertz CT molecular complexity index is 590. The lowest BCUT2D eigenvalue weighted by atomic mass is 9.78. The zero-order valence-electron chi connectivity index (χ0n) is 13.0. The molecule has 2 saturated heterocycles. The van der Waals surface area contributed by atoms with Crippen LogP contribution in [-0.4, -0.2) is 68.8 Å². The zero-order valence-corrected chi connectivity index (χ0v) is 13.8. The number of amides is 2. The highest BCUT2D eigenvalue weighted by molar-refractivity contribution is 7.99. The number of aromatic nitrogens is 3. The second-order valence-electron chi connectivity index (χ2n) is 6.19. The standard InChI is InChI=1S/C14H21N5O2S/c1-17-6-3-4-14(12(17)21)5-7-19(9-14)11(20)8-22-13-16-15-10-18(13)2/h10H,3-9H2,1-2H3. The summed E-state index contributed by atoms with van der Waals surface area (Å²) in [6.45, 7) is 2.07. The van der Waals surface area contributed by atoms with Crippen LogP contribution in [0.4, 0.5) is 0 Å². The van der Waals surface area contributed by atoms with Gasteiger partial charge >= 0.3 is 0 Å². The molecule has 8 heteroatoms. The van der Waals surface area contributed by atoms with E-state index in [9.17, 15) is 9.59 Å². The summed E-state index contributed by atoms with van der Waals surface area (Å²) in [5, 5.41) is 8.50. The molecule has 2 fully saturated rings. The monoisotopic (exact) mass is 323 g/mol. The fraction of sp³-hybridized carbons (Fsp3) is 0.714. The summed E-state index contributed by atoms with van der Waals surface area (Å²) in [7, 11) is 3.71. The lowest BCUT2D eigenvalue weighted by molar-refractivity contribution is -0.144. The summed E-state index contributed by atoms with van der Waals surface area (Å²) < 4.78 is 1.79. The largest absolute Gasteiger partial charge is 0.345 e. The van der Waals surface area contributed by atoms with Crippen LogP contribution in [0.3, 0.4) is 0 Å². The van der Waals surface area contributed by atoms with E-state index >= 15 is 0 Å². The number of carbonyl (C=O) groups excluding carboxylic acids is 2. The minimum absolute atomic E-state index is 0.0749. The zero-order chi connectivity index (χ0) is 15.7. The molecule has 1 atom stereocenters. The summed E-state index contributed by atoms with van der Waals surface area (Å²) in [6, 6.07) is 0. The first-order valence-corrected chi connectivity index (χ1v) is 8.50. The van der Waals surface area contributed by atoms with Crippen LogP contribution in [0.25, 0.3) is 0 Å². The number of likely N-dealkylation sites (tertiary alicyclic amines) is 2. The maximum Gasteiger partial charge on any atom is 0.233 e. The first-order valence-electron chi connectivity index (χ1n) is 7.52. The van der Waals surface area contributed by atoms with Gasteiger partial charge in [-0.1, -0.05) is 11.8 Å². The van der Waals surface area contributed by atoms with Crippen LogP contribution in [-0.2, 0) is 16.6 Å². The van der Waals surface area contributed by atoms with Crippen molar-refractivity contribution in [2.75, 3.05) is 32.4 Å². The van der Waals surface area contributed by atoms with Crippen LogP contribution in [0, 0.1) is 5.41 Å². The van der Waals surface area contributed by atoms with Gasteiger partial charge in [-0.2, -0.15) is 0 Å². The van der Waals surface area contributed by atoms with Gasteiger partial charge in [0.1, 0.15) is 6.33 Å². The van der Waals surface area contributed by atoms with Crippen molar-refractivity contribution in [2.45, 2.75) is 24.4 Å². The van der Waals surface area contributed by atoms with Crippen molar-refractivity contribution in [3.63, 3.8) is 0 Å². The highest BCUT2D eigenvalue weighted by atomic mass is 32.2. The molecule has 0 bridgehead atoms. The van der Waals surface area contributed by atoms with E-state index in [4.69, 9.17) is 0 Å². The van der Waals surface area contributed by atoms with E-state index in [0.29, 0.717) is 18.8 Å². The molecule has 2 aliphatic heterocycles. The highest BCUT2D eigenvalue weighted by Crippen LogP contribution is 2.39. The van der Waals surface area contributed by atoms with Crippen LogP contribution in [0.15, 0.2) is 11.5 Å². The minimum Gasteiger partial charge on any atom is -0.345 e. The van der Waals surface area contributed by atoms with Gasteiger partial charge in [0.2, 0.25) is 11.8 Å². The Hall–Kier alpha value is -1.57. The SMILES string of the molecule is CN1CCCC2(CCN(C(=O)CSc3nncn3C)C2)C1=O. The number of hydrogen-bond acceptors (Lipinski definition) is 5. The average Bonchev–Trinajstić information content (AvgIpc) is 3.10. The van der Waals surface area contributed by atoms with E-state index in [0.717, 1.165) is 31.0 Å². The number of thioether (sulfide) groups is 1. The third-order valence-corrected chi connectivity index (χ3v) is 5.67. The van der Waals surface area contributed by atoms with E-state index in [1.807, 2.05) is 23.9 Å². The first kappa shape index (κ1) is 15.3. The molecular weight excluding hydrogens is 302 g/mol. The Morgan fingerprint density at radius 2 is 2.18 bits per heavy atom. The number of nitrogens with zero attached hydrogens (tertiary/aromatic N) is 5. The second-order valence-corrected chi connectivity index (χ2v) is 7.13. The number of piperidine rings is 1. The predicted octanol–water partition coefficient (Wildman–Crippen LogP) is 0.378. The van der Waals surface area contributed by atoms with E-state index < -0.39 is 0 Å². The molecule has 0 saturated carbocycles. The molecule has 120 valence electrons. The van der Waals surface area contributed by atoms with E-state index in [-0.39, 0.29) is 17.2 Å². The molecule has 3 rings (SSSR count). The highest BCUT2D eigenvalue weighted by Gasteiger charge is 2.48. The maximum atomic E-state index is 12.5. The molecule has 1 spiro atoms. The van der Waals surface area contributed by atoms with Gasteiger partial charge in [0.25, 0.3) is 0 Å². The third kappa shape index (κ3) is 2.71. The Balaban J connectivity index is 1.59. The Morgan fingerprint density at radius 1 is 1.36 bits per heavy atom. The predicted molar refractivity (Wildman–Crippen MR) is 82.2 cm³/mol. The lowest BCUT2D eigenvalue weighted by Crippen LogP contribution is -2.48. The van der Waals surface area contributed by atoms with Gasteiger partial charge in [0, 0.05) is 33.7 Å². The fourth-order valence-corrected chi connectivity index (χ4v) is 4.14. The molecule has 2 aliphatic rings. The summed E-state index contributed by atoms with van der Waals surface area (Å²) in [5.41, 5.74) is -0.335. The molecule has 3 heterocycles. The Morgan fingerprint density at radius 3 is 2.91 bits per heavy atom. The van der Waals surface area contributed by atoms with Gasteiger partial charge in [-0.05, 0) is 19.3 Å². The number of carbonyl (C=O) groups is 2. The van der Waals surface area contributed by atoms with Crippen molar-refractivity contribution in [3.05, 3.63) is 6.33 Å². The Kier molecular flexibility index (Phi) is 4.12. The van der Waals surface area contributed by atoms with Gasteiger partial charge < -0.3 is 14.4 Å². The molecule has 1 aromatic rings. The van der Waals surface area contributed by atoms with Crippen LogP contribution in [0.5, 0.6) is 0 Å². The molecule has 1 unspecified atom stereocenters. The van der Waals surface area contributed by atoms with Gasteiger partial charge in [-0.25, -0.2) is 0 Å². The minimum atomic E-state index is -0.335. The van der Waals surface area contributed by atoms with Gasteiger partial charge in [-0.3, -0.25) is 9.59 Å². The van der Waals surface area contributed by atoms with Gasteiger partial charge in [0.15, 0.2) is 5.16 Å². The van der Waals surface area contributed by atoms with Crippen molar-refractivity contribution < 1.29 is 9.59 Å². The Labute approximate surface area is 134 Å². The van der Waals surface area contributed by atoms with E-state index in [1.165, 1.54) is 11.8 Å². The second kappa shape index (κ2) is 5.91. The normalized spacial score (nSPS) is 25.3. The molecule has 0 radical (unpaired) electrons. The number of hydrogen-bond donors (Lipinski definition) is 0. The van der Waals surface area contributed by atoms with Crippen molar-refractivity contribution >= 4 is 23.6 Å². The molecule has 22 heavy (non-hydrogen) atoms. The third-order valence-electron chi connectivity index (χ3n) is 4.65. The van der Waals surface area contributed by atoms with Crippen molar-refractivity contribution in [1.29, 1.82) is 0 Å². The van der Waals surface area contributed by atoms with Crippen molar-refractivity contribution in [1.82, 2.24) is 24.6 Å². The molecular formula is C14H21N5O2S. The van der Waals surface area contributed by atoms with Gasteiger partial charge in [-0.15, -0.1) is 10.2 Å². The van der Waals surface area contributed by atoms with E-state index in [1.54, 1.807) is 10.9 Å². The first-order chi connectivity index (χ1) is 10.5. The van der Waals surface area contributed by atoms with Gasteiger partial charge in [0.05, 0.1) is 11.2 Å². The molecule has 0 aromatic carbocycles. The molecule has 2 amide bonds. The summed E-state index contributed by atoms with van der Waals surface area (Å²) in [4.78, 5) is 28.5. The molecule has 7 nitrogen and oxygen atoms in total. The van der Waals surface area contributed by atoms with E-state index in [2.05, 4.69) is 10.2 Å². The lowest BCUT2D eigenvalue weighted by Gasteiger charge is -2.37. The van der Waals surface area contributed by atoms with Crippen LogP contribution in [0.1, 0.15) is 19.3 Å². The quantitative estimate of drug-likeness (QED) is 0.752. The summed E-state index contributed by atoms with van der Waals surface area (Å²) in [6.07, 6.45) is 4.33. The number of rotatable bonds is 3. The molecule has 0 N–H and O–H groups in total. The fourth-order valence-electron chi connectivity index (χ4n) is 3.35. The molecule has 0 aliphatic carbocycles.